The van der Waals surface area contributed by atoms with Crippen molar-refractivity contribution >= 4 is 12.9 Å². The fourth-order valence-electron chi connectivity index (χ4n) is 1.50. The summed E-state index contributed by atoms with van der Waals surface area (Å²) in [6.07, 6.45) is -0.370. The molecule has 0 aliphatic carbocycles. The Labute approximate surface area is 109 Å². The molecule has 18 heavy (non-hydrogen) atoms. The van der Waals surface area contributed by atoms with E-state index in [0.717, 1.165) is 5.56 Å². The van der Waals surface area contributed by atoms with Gasteiger partial charge in [0.25, 0.3) is 0 Å². The lowest BCUT2D eigenvalue weighted by molar-refractivity contribution is 0.151. The van der Waals surface area contributed by atoms with Gasteiger partial charge in [-0.05, 0) is 33.3 Å². The Morgan fingerprint density at radius 3 is 1.89 bits per heavy atom. The van der Waals surface area contributed by atoms with Gasteiger partial charge in [-0.15, -0.1) is 0 Å². The van der Waals surface area contributed by atoms with Crippen molar-refractivity contribution in [3.63, 3.8) is 0 Å². The molecule has 0 radical (unpaired) electrons. The first-order valence-corrected chi connectivity index (χ1v) is 7.61. The summed E-state index contributed by atoms with van der Waals surface area (Å²) in [6, 6.07) is 9.34. The summed E-state index contributed by atoms with van der Waals surface area (Å²) in [6.45, 7) is 11.2. The third kappa shape index (κ3) is 4.09. The van der Waals surface area contributed by atoms with E-state index in [2.05, 4.69) is 6.58 Å². The molecule has 4 heteroatoms. The largest absolute Gasteiger partial charge is 0.361 e. The molecule has 100 valence electrons. The molecule has 0 aliphatic heterocycles. The van der Waals surface area contributed by atoms with Crippen molar-refractivity contribution in [2.24, 2.45) is 0 Å². The van der Waals surface area contributed by atoms with Crippen LogP contribution in [-0.4, -0.2) is 12.2 Å². The average Bonchev–Trinajstić information content (AvgIpc) is 2.27. The molecule has 1 rings (SSSR count). The number of benzene rings is 1. The van der Waals surface area contributed by atoms with Gasteiger partial charge in [-0.1, -0.05) is 36.9 Å². The maximum Gasteiger partial charge on any atom is 0.361 e. The van der Waals surface area contributed by atoms with Crippen molar-refractivity contribution < 1.29 is 13.6 Å². The predicted molar refractivity (Wildman–Crippen MR) is 75.5 cm³/mol. The van der Waals surface area contributed by atoms with E-state index in [0.29, 0.717) is 5.31 Å². The quantitative estimate of drug-likeness (QED) is 0.701. The van der Waals surface area contributed by atoms with Gasteiger partial charge in [0.2, 0.25) is 0 Å². The standard InChI is InChI=1S/C14H21O3P/c1-11(2)16-18(15,17-12(3)4)13(5)14-9-7-6-8-10-14/h6-12H,5H2,1-4H3. The Morgan fingerprint density at radius 2 is 1.50 bits per heavy atom. The summed E-state index contributed by atoms with van der Waals surface area (Å²) < 4.78 is 23.8. The van der Waals surface area contributed by atoms with Crippen LogP contribution >= 0.6 is 7.60 Å². The number of rotatable bonds is 6. The molecule has 0 bridgehead atoms. The summed E-state index contributed by atoms with van der Waals surface area (Å²) in [5.74, 6) is 0. The first kappa shape index (κ1) is 15.2. The Bertz CT molecular complexity index is 424. The van der Waals surface area contributed by atoms with Crippen molar-refractivity contribution in [1.82, 2.24) is 0 Å². The third-order valence-corrected chi connectivity index (χ3v) is 4.45. The van der Waals surface area contributed by atoms with E-state index in [-0.39, 0.29) is 12.2 Å². The first-order valence-electron chi connectivity index (χ1n) is 6.07. The molecule has 0 heterocycles. The second-order valence-corrected chi connectivity index (χ2v) is 6.57. The van der Waals surface area contributed by atoms with Crippen LogP contribution in [0, 0.1) is 0 Å². The van der Waals surface area contributed by atoms with Crippen molar-refractivity contribution in [3.05, 3.63) is 42.5 Å². The van der Waals surface area contributed by atoms with Gasteiger partial charge >= 0.3 is 7.60 Å². The average molecular weight is 268 g/mol. The normalized spacial score (nSPS) is 12.1. The minimum Gasteiger partial charge on any atom is -0.302 e. The predicted octanol–water partition coefficient (Wildman–Crippen LogP) is 4.70. The van der Waals surface area contributed by atoms with Gasteiger partial charge in [0.05, 0.1) is 17.5 Å². The maximum absolute atomic E-state index is 12.8. The van der Waals surface area contributed by atoms with Gasteiger partial charge in [0, 0.05) is 0 Å². The number of hydrogen-bond acceptors (Lipinski definition) is 3. The lowest BCUT2D eigenvalue weighted by Crippen LogP contribution is -2.08. The summed E-state index contributed by atoms with van der Waals surface area (Å²) in [4.78, 5) is 0. The molecule has 0 aromatic heterocycles. The highest BCUT2D eigenvalue weighted by Gasteiger charge is 2.32. The summed E-state index contributed by atoms with van der Waals surface area (Å²) in [5, 5.41) is 0.408. The van der Waals surface area contributed by atoms with E-state index >= 15 is 0 Å². The van der Waals surface area contributed by atoms with Crippen LogP contribution in [0.1, 0.15) is 33.3 Å². The highest BCUT2D eigenvalue weighted by atomic mass is 31.2. The van der Waals surface area contributed by atoms with Gasteiger partial charge in [-0.25, -0.2) is 0 Å². The fourth-order valence-corrected chi connectivity index (χ4v) is 3.38. The van der Waals surface area contributed by atoms with Gasteiger partial charge in [0.15, 0.2) is 0 Å². The minimum absolute atomic E-state index is 0.185. The molecule has 0 spiro atoms. The van der Waals surface area contributed by atoms with Crippen LogP contribution in [0.2, 0.25) is 0 Å². The van der Waals surface area contributed by atoms with Crippen LogP contribution in [0.25, 0.3) is 5.31 Å². The monoisotopic (exact) mass is 268 g/mol. The van der Waals surface area contributed by atoms with Crippen molar-refractivity contribution in [2.45, 2.75) is 39.9 Å². The van der Waals surface area contributed by atoms with Crippen LogP contribution in [0.4, 0.5) is 0 Å². The van der Waals surface area contributed by atoms with E-state index in [1.807, 2.05) is 58.0 Å². The zero-order chi connectivity index (χ0) is 13.8. The topological polar surface area (TPSA) is 35.5 Å². The lowest BCUT2D eigenvalue weighted by atomic mass is 10.2. The third-order valence-electron chi connectivity index (χ3n) is 2.14. The van der Waals surface area contributed by atoms with E-state index < -0.39 is 7.60 Å². The van der Waals surface area contributed by atoms with Crippen LogP contribution in [-0.2, 0) is 13.6 Å². The molecule has 0 atom stereocenters. The zero-order valence-corrected chi connectivity index (χ0v) is 12.3. The highest BCUT2D eigenvalue weighted by Crippen LogP contribution is 2.61. The molecule has 0 N–H and O–H groups in total. The van der Waals surface area contributed by atoms with Crippen molar-refractivity contribution in [1.29, 1.82) is 0 Å². The van der Waals surface area contributed by atoms with E-state index in [1.165, 1.54) is 0 Å². The van der Waals surface area contributed by atoms with Crippen LogP contribution < -0.4 is 0 Å². The van der Waals surface area contributed by atoms with E-state index in [1.54, 1.807) is 0 Å². The second kappa shape index (κ2) is 6.33. The van der Waals surface area contributed by atoms with Crippen LogP contribution in [0.3, 0.4) is 0 Å². The van der Waals surface area contributed by atoms with E-state index in [9.17, 15) is 4.57 Å². The Kier molecular flexibility index (Phi) is 5.33. The molecule has 0 saturated carbocycles. The molecule has 1 aromatic carbocycles. The van der Waals surface area contributed by atoms with Crippen molar-refractivity contribution in [3.8, 4) is 0 Å². The Morgan fingerprint density at radius 1 is 1.06 bits per heavy atom. The molecule has 1 aromatic rings. The zero-order valence-electron chi connectivity index (χ0n) is 11.4. The molecular weight excluding hydrogens is 247 g/mol. The molecule has 0 aliphatic rings. The molecular formula is C14H21O3P. The highest BCUT2D eigenvalue weighted by molar-refractivity contribution is 7.65. The number of hydrogen-bond donors (Lipinski definition) is 0. The molecule has 0 fully saturated rings. The smallest absolute Gasteiger partial charge is 0.302 e. The van der Waals surface area contributed by atoms with Crippen molar-refractivity contribution in [2.75, 3.05) is 0 Å². The SMILES string of the molecule is C=C(c1ccccc1)P(=O)(OC(C)C)OC(C)C. The summed E-state index contributed by atoms with van der Waals surface area (Å²) in [5.41, 5.74) is 0.780. The Hall–Kier alpha value is -0.890. The minimum atomic E-state index is -3.34. The fraction of sp³-hybridized carbons (Fsp3) is 0.429. The van der Waals surface area contributed by atoms with E-state index in [4.69, 9.17) is 9.05 Å². The summed E-state index contributed by atoms with van der Waals surface area (Å²) >= 11 is 0. The first-order chi connectivity index (χ1) is 8.35. The Balaban J connectivity index is 3.04. The van der Waals surface area contributed by atoms with Crippen LogP contribution in [0.15, 0.2) is 36.9 Å². The molecule has 0 saturated heterocycles. The van der Waals surface area contributed by atoms with Gasteiger partial charge in [-0.3, -0.25) is 4.57 Å². The maximum atomic E-state index is 12.8. The second-order valence-electron chi connectivity index (χ2n) is 4.62. The van der Waals surface area contributed by atoms with Gasteiger partial charge in [0.1, 0.15) is 0 Å². The molecule has 3 nitrogen and oxygen atoms in total. The molecule has 0 amide bonds. The van der Waals surface area contributed by atoms with Gasteiger partial charge < -0.3 is 9.05 Å². The summed E-state index contributed by atoms with van der Waals surface area (Å²) in [7, 11) is -3.34. The van der Waals surface area contributed by atoms with Gasteiger partial charge in [-0.2, -0.15) is 0 Å². The molecule has 0 unspecified atom stereocenters. The lowest BCUT2D eigenvalue weighted by Gasteiger charge is -2.24. The van der Waals surface area contributed by atoms with Crippen LogP contribution in [0.5, 0.6) is 0 Å².